The first-order valence-electron chi connectivity index (χ1n) is 11.0. The Morgan fingerprint density at radius 1 is 0.969 bits per heavy atom. The number of hydrogen-bond acceptors (Lipinski definition) is 5. The third-order valence-electron chi connectivity index (χ3n) is 6.17. The van der Waals surface area contributed by atoms with E-state index >= 15 is 0 Å². The standard InChI is InChI=1S/C23H27FN4O4/c1-16(29)26-9-4-10-27(12-11-26)23(31)21-14-20(25-32-21)18-6-3-8-28(15-18)22(30)17-5-2-7-19(24)13-17/h2,5,7,13-14,18H,3-4,6,8-12,15H2,1H3/t18-/m0/s1. The highest BCUT2D eigenvalue weighted by Gasteiger charge is 2.30. The molecule has 0 N–H and O–H groups in total. The molecule has 0 bridgehead atoms. The minimum Gasteiger partial charge on any atom is -0.351 e. The molecule has 0 unspecified atom stereocenters. The van der Waals surface area contributed by atoms with E-state index in [1.165, 1.54) is 25.1 Å². The van der Waals surface area contributed by atoms with E-state index in [4.69, 9.17) is 4.52 Å². The molecule has 2 saturated heterocycles. The van der Waals surface area contributed by atoms with E-state index in [0.717, 1.165) is 12.8 Å². The Hall–Kier alpha value is -3.23. The summed E-state index contributed by atoms with van der Waals surface area (Å²) in [6.45, 7) is 4.71. The largest absolute Gasteiger partial charge is 0.351 e. The van der Waals surface area contributed by atoms with E-state index in [1.807, 2.05) is 0 Å². The van der Waals surface area contributed by atoms with Crippen LogP contribution in [-0.4, -0.2) is 76.8 Å². The summed E-state index contributed by atoms with van der Waals surface area (Å²) < 4.78 is 18.9. The van der Waals surface area contributed by atoms with Crippen molar-refractivity contribution in [2.45, 2.75) is 32.1 Å². The summed E-state index contributed by atoms with van der Waals surface area (Å²) in [6, 6.07) is 7.35. The number of benzene rings is 1. The van der Waals surface area contributed by atoms with Gasteiger partial charge in [-0.1, -0.05) is 11.2 Å². The van der Waals surface area contributed by atoms with Crippen LogP contribution in [-0.2, 0) is 4.79 Å². The smallest absolute Gasteiger partial charge is 0.292 e. The molecule has 2 aliphatic rings. The van der Waals surface area contributed by atoms with E-state index in [9.17, 15) is 18.8 Å². The monoisotopic (exact) mass is 442 g/mol. The highest BCUT2D eigenvalue weighted by atomic mass is 19.1. The molecule has 1 aromatic heterocycles. The summed E-state index contributed by atoms with van der Waals surface area (Å²) in [4.78, 5) is 42.4. The first-order chi connectivity index (χ1) is 15.4. The van der Waals surface area contributed by atoms with Crippen molar-refractivity contribution < 1.29 is 23.3 Å². The number of piperidine rings is 1. The molecule has 1 atom stereocenters. The highest BCUT2D eigenvalue weighted by molar-refractivity contribution is 5.94. The number of aromatic nitrogens is 1. The quantitative estimate of drug-likeness (QED) is 0.729. The molecule has 0 radical (unpaired) electrons. The number of hydrogen-bond donors (Lipinski definition) is 0. The van der Waals surface area contributed by atoms with Gasteiger partial charge in [-0.3, -0.25) is 14.4 Å². The van der Waals surface area contributed by atoms with Crippen LogP contribution in [0.5, 0.6) is 0 Å². The van der Waals surface area contributed by atoms with Gasteiger partial charge in [0, 0.05) is 63.7 Å². The Kier molecular flexibility index (Phi) is 6.53. The maximum atomic E-state index is 13.5. The zero-order chi connectivity index (χ0) is 22.7. The van der Waals surface area contributed by atoms with Gasteiger partial charge in [-0.15, -0.1) is 0 Å². The van der Waals surface area contributed by atoms with Crippen molar-refractivity contribution in [3.8, 4) is 0 Å². The molecule has 4 rings (SSSR count). The number of carbonyl (C=O) groups excluding carboxylic acids is 3. The molecular formula is C23H27FN4O4. The number of halogens is 1. The molecule has 1 aromatic carbocycles. The van der Waals surface area contributed by atoms with Gasteiger partial charge in [0.25, 0.3) is 11.8 Å². The van der Waals surface area contributed by atoms with Crippen molar-refractivity contribution >= 4 is 17.7 Å². The van der Waals surface area contributed by atoms with Crippen molar-refractivity contribution in [3.05, 3.63) is 53.2 Å². The van der Waals surface area contributed by atoms with Gasteiger partial charge in [0.1, 0.15) is 5.82 Å². The van der Waals surface area contributed by atoms with Crippen LogP contribution in [0, 0.1) is 5.82 Å². The summed E-state index contributed by atoms with van der Waals surface area (Å²) in [5, 5.41) is 4.12. The molecule has 2 fully saturated rings. The van der Waals surface area contributed by atoms with Gasteiger partial charge in [-0.25, -0.2) is 4.39 Å². The van der Waals surface area contributed by atoms with E-state index in [1.54, 1.807) is 26.8 Å². The highest BCUT2D eigenvalue weighted by Crippen LogP contribution is 2.28. The lowest BCUT2D eigenvalue weighted by molar-refractivity contribution is -0.128. The SMILES string of the molecule is CC(=O)N1CCCN(C(=O)c2cc([C@H]3CCCN(C(=O)c4cccc(F)c4)C3)no2)CC1. The van der Waals surface area contributed by atoms with Crippen LogP contribution in [0.3, 0.4) is 0 Å². The summed E-state index contributed by atoms with van der Waals surface area (Å²) in [6.07, 6.45) is 2.32. The molecule has 3 amide bonds. The predicted octanol–water partition coefficient (Wildman–Crippen LogP) is 2.53. The van der Waals surface area contributed by atoms with Crippen molar-refractivity contribution in [2.75, 3.05) is 39.3 Å². The second-order valence-electron chi connectivity index (χ2n) is 8.37. The first-order valence-corrected chi connectivity index (χ1v) is 11.0. The van der Waals surface area contributed by atoms with Gasteiger partial charge in [0.15, 0.2) is 0 Å². The molecule has 3 heterocycles. The van der Waals surface area contributed by atoms with Crippen LogP contribution in [0.15, 0.2) is 34.9 Å². The minimum atomic E-state index is -0.441. The summed E-state index contributed by atoms with van der Waals surface area (Å²) in [7, 11) is 0. The fourth-order valence-corrected chi connectivity index (χ4v) is 4.38. The summed E-state index contributed by atoms with van der Waals surface area (Å²) >= 11 is 0. The molecule has 0 aliphatic carbocycles. The fraction of sp³-hybridized carbons (Fsp3) is 0.478. The normalized spacial score (nSPS) is 19.6. The summed E-state index contributed by atoms with van der Waals surface area (Å²) in [5.41, 5.74) is 0.965. The second kappa shape index (κ2) is 9.50. The van der Waals surface area contributed by atoms with Gasteiger partial charge in [0.2, 0.25) is 11.7 Å². The Balaban J connectivity index is 1.41. The number of amides is 3. The van der Waals surface area contributed by atoms with Gasteiger partial charge >= 0.3 is 0 Å². The van der Waals surface area contributed by atoms with Crippen LogP contribution >= 0.6 is 0 Å². The second-order valence-corrected chi connectivity index (χ2v) is 8.37. The van der Waals surface area contributed by atoms with Gasteiger partial charge in [0.05, 0.1) is 5.69 Å². The Labute approximate surface area is 185 Å². The molecule has 0 saturated carbocycles. The minimum absolute atomic E-state index is 0.0101. The Bertz CT molecular complexity index is 1010. The fourth-order valence-electron chi connectivity index (χ4n) is 4.38. The van der Waals surface area contributed by atoms with Crippen LogP contribution in [0.2, 0.25) is 0 Å². The molecule has 0 spiro atoms. The number of rotatable bonds is 3. The third-order valence-corrected chi connectivity index (χ3v) is 6.17. The molecule has 2 aromatic rings. The van der Waals surface area contributed by atoms with Crippen molar-refractivity contribution in [3.63, 3.8) is 0 Å². The zero-order valence-electron chi connectivity index (χ0n) is 18.1. The molecule has 32 heavy (non-hydrogen) atoms. The van der Waals surface area contributed by atoms with Crippen LogP contribution < -0.4 is 0 Å². The van der Waals surface area contributed by atoms with Crippen molar-refractivity contribution in [1.82, 2.24) is 19.9 Å². The number of likely N-dealkylation sites (tertiary alicyclic amines) is 1. The van der Waals surface area contributed by atoms with Crippen LogP contribution in [0.4, 0.5) is 4.39 Å². The first kappa shape index (κ1) is 22.0. The summed E-state index contributed by atoms with van der Waals surface area (Å²) in [5.74, 6) is -0.764. The Morgan fingerprint density at radius 2 is 1.72 bits per heavy atom. The van der Waals surface area contributed by atoms with Gasteiger partial charge in [-0.2, -0.15) is 0 Å². The lowest BCUT2D eigenvalue weighted by Gasteiger charge is -2.31. The number of carbonyl (C=O) groups is 3. The predicted molar refractivity (Wildman–Crippen MR) is 114 cm³/mol. The average Bonchev–Trinajstić information content (AvgIpc) is 3.16. The lowest BCUT2D eigenvalue weighted by atomic mass is 9.94. The van der Waals surface area contributed by atoms with E-state index in [0.29, 0.717) is 56.9 Å². The number of nitrogens with zero attached hydrogens (tertiary/aromatic N) is 4. The maximum absolute atomic E-state index is 13.5. The topological polar surface area (TPSA) is 87.0 Å². The van der Waals surface area contributed by atoms with Crippen molar-refractivity contribution in [1.29, 1.82) is 0 Å². The lowest BCUT2D eigenvalue weighted by Crippen LogP contribution is -2.39. The Morgan fingerprint density at radius 3 is 2.50 bits per heavy atom. The molecular weight excluding hydrogens is 415 g/mol. The zero-order valence-corrected chi connectivity index (χ0v) is 18.1. The maximum Gasteiger partial charge on any atom is 0.292 e. The van der Waals surface area contributed by atoms with E-state index < -0.39 is 5.82 Å². The molecule has 2 aliphatic heterocycles. The van der Waals surface area contributed by atoms with Gasteiger partial charge in [-0.05, 0) is 37.5 Å². The van der Waals surface area contributed by atoms with E-state index in [-0.39, 0.29) is 29.4 Å². The van der Waals surface area contributed by atoms with Crippen LogP contribution in [0.1, 0.15) is 58.7 Å². The average molecular weight is 442 g/mol. The molecule has 9 heteroatoms. The molecule has 170 valence electrons. The third kappa shape index (κ3) is 4.81. The molecule has 8 nitrogen and oxygen atoms in total. The van der Waals surface area contributed by atoms with Crippen molar-refractivity contribution in [2.24, 2.45) is 0 Å². The van der Waals surface area contributed by atoms with Crippen LogP contribution in [0.25, 0.3) is 0 Å². The van der Waals surface area contributed by atoms with Gasteiger partial charge < -0.3 is 19.2 Å². The van der Waals surface area contributed by atoms with E-state index in [2.05, 4.69) is 5.16 Å².